The van der Waals surface area contributed by atoms with E-state index in [2.05, 4.69) is 5.10 Å². The number of benzene rings is 1. The second-order valence-electron chi connectivity index (χ2n) is 4.44. The average Bonchev–Trinajstić information content (AvgIpc) is 2.75. The van der Waals surface area contributed by atoms with Crippen molar-refractivity contribution in [3.63, 3.8) is 0 Å². The first-order valence-corrected chi connectivity index (χ1v) is 5.59. The zero-order chi connectivity index (χ0) is 12.6. The smallest absolute Gasteiger partial charge is 0.136 e. The number of nitrogens with two attached hydrogens (primary N) is 1. The molecule has 0 saturated carbocycles. The van der Waals surface area contributed by atoms with Crippen LogP contribution in [0.4, 0.5) is 10.1 Å². The van der Waals surface area contributed by atoms with Crippen LogP contribution in [0, 0.1) is 12.7 Å². The van der Waals surface area contributed by atoms with Crippen LogP contribution in [0.25, 0.3) is 11.1 Å². The summed E-state index contributed by atoms with van der Waals surface area (Å²) in [4.78, 5) is 0. The molecular formula is C13H16FN3. The van der Waals surface area contributed by atoms with Crippen LogP contribution in [0.1, 0.15) is 25.5 Å². The Bertz CT molecular complexity index is 544. The third-order valence-corrected chi connectivity index (χ3v) is 2.87. The van der Waals surface area contributed by atoms with E-state index >= 15 is 0 Å². The van der Waals surface area contributed by atoms with Crippen LogP contribution < -0.4 is 5.73 Å². The van der Waals surface area contributed by atoms with Gasteiger partial charge < -0.3 is 5.73 Å². The molecule has 0 radical (unpaired) electrons. The van der Waals surface area contributed by atoms with Crippen LogP contribution in [0.5, 0.6) is 0 Å². The first-order valence-electron chi connectivity index (χ1n) is 5.59. The molecule has 2 N–H and O–H groups in total. The van der Waals surface area contributed by atoms with Gasteiger partial charge >= 0.3 is 0 Å². The van der Waals surface area contributed by atoms with Crippen molar-refractivity contribution in [3.05, 3.63) is 35.9 Å². The second-order valence-corrected chi connectivity index (χ2v) is 4.44. The molecule has 0 aliphatic heterocycles. The van der Waals surface area contributed by atoms with E-state index in [4.69, 9.17) is 5.73 Å². The standard InChI is InChI=1S/C13H16FN3/c1-8(2)17-7-10(6-16-17)11-4-5-12(15)9(3)13(11)14/h4-8H,15H2,1-3H3. The first-order chi connectivity index (χ1) is 8.00. The summed E-state index contributed by atoms with van der Waals surface area (Å²) in [6.07, 6.45) is 3.52. The van der Waals surface area contributed by atoms with E-state index in [1.54, 1.807) is 29.9 Å². The number of nitrogen functional groups attached to an aromatic ring is 1. The van der Waals surface area contributed by atoms with Crippen molar-refractivity contribution in [2.24, 2.45) is 0 Å². The third kappa shape index (κ3) is 2.02. The maximum atomic E-state index is 14.0. The molecule has 0 bridgehead atoms. The largest absolute Gasteiger partial charge is 0.398 e. The first kappa shape index (κ1) is 11.6. The van der Waals surface area contributed by atoms with Gasteiger partial charge in [-0.05, 0) is 32.9 Å². The van der Waals surface area contributed by atoms with E-state index in [-0.39, 0.29) is 11.9 Å². The number of hydrogen-bond donors (Lipinski definition) is 1. The number of anilines is 1. The quantitative estimate of drug-likeness (QED) is 0.810. The van der Waals surface area contributed by atoms with E-state index in [9.17, 15) is 4.39 Å². The Balaban J connectivity index is 2.49. The molecule has 4 heteroatoms. The fraction of sp³-hybridized carbons (Fsp3) is 0.308. The summed E-state index contributed by atoms with van der Waals surface area (Å²) in [5, 5.41) is 4.20. The molecule has 1 heterocycles. The lowest BCUT2D eigenvalue weighted by Gasteiger charge is -2.06. The number of aromatic nitrogens is 2. The number of halogens is 1. The van der Waals surface area contributed by atoms with E-state index < -0.39 is 0 Å². The third-order valence-electron chi connectivity index (χ3n) is 2.87. The zero-order valence-electron chi connectivity index (χ0n) is 10.2. The van der Waals surface area contributed by atoms with Crippen LogP contribution in [0.15, 0.2) is 24.5 Å². The van der Waals surface area contributed by atoms with Crippen molar-refractivity contribution >= 4 is 5.69 Å². The molecule has 0 amide bonds. The lowest BCUT2D eigenvalue weighted by Crippen LogP contribution is -1.99. The van der Waals surface area contributed by atoms with E-state index in [1.165, 1.54) is 0 Å². The SMILES string of the molecule is Cc1c(N)ccc(-c2cnn(C(C)C)c2)c1F. The minimum atomic E-state index is -0.270. The Morgan fingerprint density at radius 1 is 1.35 bits per heavy atom. The van der Waals surface area contributed by atoms with Crippen molar-refractivity contribution in [1.82, 2.24) is 9.78 Å². The van der Waals surface area contributed by atoms with E-state index in [0.29, 0.717) is 16.8 Å². The van der Waals surface area contributed by atoms with Gasteiger partial charge in [0.1, 0.15) is 5.82 Å². The number of hydrogen-bond acceptors (Lipinski definition) is 2. The van der Waals surface area contributed by atoms with Gasteiger partial charge in [0.15, 0.2) is 0 Å². The molecular weight excluding hydrogens is 217 g/mol. The predicted octanol–water partition coefficient (Wildman–Crippen LogP) is 3.16. The van der Waals surface area contributed by atoms with Crippen molar-refractivity contribution in [2.75, 3.05) is 5.73 Å². The highest BCUT2D eigenvalue weighted by Gasteiger charge is 2.12. The van der Waals surface area contributed by atoms with Gasteiger partial charge in [0.05, 0.1) is 6.20 Å². The van der Waals surface area contributed by atoms with Gasteiger partial charge in [-0.25, -0.2) is 4.39 Å². The molecule has 1 aromatic heterocycles. The van der Waals surface area contributed by atoms with Crippen LogP contribution in [0.2, 0.25) is 0 Å². The van der Waals surface area contributed by atoms with Crippen LogP contribution in [-0.4, -0.2) is 9.78 Å². The highest BCUT2D eigenvalue weighted by molar-refractivity contribution is 5.67. The highest BCUT2D eigenvalue weighted by atomic mass is 19.1. The van der Waals surface area contributed by atoms with Crippen molar-refractivity contribution in [3.8, 4) is 11.1 Å². The van der Waals surface area contributed by atoms with Crippen molar-refractivity contribution < 1.29 is 4.39 Å². The van der Waals surface area contributed by atoms with Gasteiger partial charge in [-0.3, -0.25) is 4.68 Å². The van der Waals surface area contributed by atoms with Crippen molar-refractivity contribution in [1.29, 1.82) is 0 Å². The monoisotopic (exact) mass is 233 g/mol. The fourth-order valence-electron chi connectivity index (χ4n) is 1.68. The molecule has 2 rings (SSSR count). The predicted molar refractivity (Wildman–Crippen MR) is 67.2 cm³/mol. The summed E-state index contributed by atoms with van der Waals surface area (Å²) >= 11 is 0. The highest BCUT2D eigenvalue weighted by Crippen LogP contribution is 2.27. The lowest BCUT2D eigenvalue weighted by molar-refractivity contribution is 0.532. The molecule has 3 nitrogen and oxygen atoms in total. The Morgan fingerprint density at radius 2 is 2.06 bits per heavy atom. The normalized spacial score (nSPS) is 11.1. The lowest BCUT2D eigenvalue weighted by atomic mass is 10.0. The Kier molecular flexibility index (Phi) is 2.88. The molecule has 1 aromatic carbocycles. The van der Waals surface area contributed by atoms with Gasteiger partial charge in [0, 0.05) is 34.6 Å². The average molecular weight is 233 g/mol. The minimum Gasteiger partial charge on any atom is -0.398 e. The maximum absolute atomic E-state index is 14.0. The Hall–Kier alpha value is -1.84. The minimum absolute atomic E-state index is 0.265. The molecule has 90 valence electrons. The molecule has 17 heavy (non-hydrogen) atoms. The van der Waals surface area contributed by atoms with Gasteiger partial charge in [-0.1, -0.05) is 0 Å². The van der Waals surface area contributed by atoms with Gasteiger partial charge in [0.2, 0.25) is 0 Å². The molecule has 0 spiro atoms. The fourth-order valence-corrected chi connectivity index (χ4v) is 1.68. The van der Waals surface area contributed by atoms with E-state index in [1.807, 2.05) is 20.0 Å². The number of rotatable bonds is 2. The molecule has 0 aliphatic carbocycles. The molecule has 0 fully saturated rings. The summed E-state index contributed by atoms with van der Waals surface area (Å²) in [5.41, 5.74) is 7.94. The molecule has 2 aromatic rings. The molecule has 0 saturated heterocycles. The summed E-state index contributed by atoms with van der Waals surface area (Å²) in [5.74, 6) is -0.270. The molecule has 0 aliphatic rings. The summed E-state index contributed by atoms with van der Waals surface area (Å²) in [7, 11) is 0. The van der Waals surface area contributed by atoms with Gasteiger partial charge in [-0.2, -0.15) is 5.10 Å². The summed E-state index contributed by atoms with van der Waals surface area (Å²) < 4.78 is 15.8. The van der Waals surface area contributed by atoms with Crippen molar-refractivity contribution in [2.45, 2.75) is 26.8 Å². The van der Waals surface area contributed by atoms with Crippen LogP contribution in [-0.2, 0) is 0 Å². The van der Waals surface area contributed by atoms with E-state index in [0.717, 1.165) is 5.56 Å². The topological polar surface area (TPSA) is 43.8 Å². The van der Waals surface area contributed by atoms with Crippen LogP contribution in [0.3, 0.4) is 0 Å². The zero-order valence-corrected chi connectivity index (χ0v) is 10.2. The number of nitrogens with zero attached hydrogens (tertiary/aromatic N) is 2. The van der Waals surface area contributed by atoms with Gasteiger partial charge in [-0.15, -0.1) is 0 Å². The van der Waals surface area contributed by atoms with Gasteiger partial charge in [0.25, 0.3) is 0 Å². The van der Waals surface area contributed by atoms with Crippen LogP contribution >= 0.6 is 0 Å². The molecule has 0 unspecified atom stereocenters. The Labute approximate surface area is 100 Å². The maximum Gasteiger partial charge on any atom is 0.136 e. The summed E-state index contributed by atoms with van der Waals surface area (Å²) in [6.45, 7) is 5.74. The Morgan fingerprint density at radius 3 is 2.65 bits per heavy atom. The second kappa shape index (κ2) is 4.20. The molecule has 0 atom stereocenters. The summed E-state index contributed by atoms with van der Waals surface area (Å²) in [6, 6.07) is 3.68.